The first-order chi connectivity index (χ1) is 16.6. The Morgan fingerprint density at radius 1 is 0.914 bits per heavy atom. The van der Waals surface area contributed by atoms with Crippen molar-refractivity contribution in [2.24, 2.45) is 11.7 Å². The summed E-state index contributed by atoms with van der Waals surface area (Å²) in [6.07, 6.45) is 2.00. The number of carboxylic acids is 1. The first-order valence-electron chi connectivity index (χ1n) is 11.2. The van der Waals surface area contributed by atoms with Crippen LogP contribution in [0.5, 0.6) is 0 Å². The van der Waals surface area contributed by atoms with Gasteiger partial charge in [0.15, 0.2) is 0 Å². The monoisotopic (exact) mass is 491 g/mol. The summed E-state index contributed by atoms with van der Waals surface area (Å²) < 4.78 is 0. The normalized spacial score (nSPS) is 14.7. The number of amides is 3. The highest BCUT2D eigenvalue weighted by Gasteiger charge is 2.30. The number of hydrogen-bond donors (Lipinski definition) is 8. The molecular formula is C23H33N5O7. The fraction of sp³-hybridized carbons (Fsp3) is 0.478. The van der Waals surface area contributed by atoms with E-state index in [1.807, 2.05) is 32.0 Å². The first-order valence-corrected chi connectivity index (χ1v) is 11.2. The highest BCUT2D eigenvalue weighted by atomic mass is 16.4. The number of para-hydroxylation sites is 1. The standard InChI is InChI=1S/C23H33N5O7/c1-12(2)7-15(24)20(31)27-18(10-29)22(33)26-17(21(32)28-19(11-30)23(34)35)8-13-9-25-16-6-4-3-5-14(13)16/h3-6,9,12,15,17-19,25,29-30H,7-8,10-11,24H2,1-2H3,(H,26,33)(H,27,31)(H,28,32)(H,34,35). The number of aromatic nitrogens is 1. The third-order valence-corrected chi connectivity index (χ3v) is 5.41. The molecule has 1 aromatic heterocycles. The van der Waals surface area contributed by atoms with Gasteiger partial charge in [0.25, 0.3) is 0 Å². The van der Waals surface area contributed by atoms with E-state index in [9.17, 15) is 29.4 Å². The van der Waals surface area contributed by atoms with Gasteiger partial charge < -0.3 is 42.0 Å². The van der Waals surface area contributed by atoms with Gasteiger partial charge in [0.1, 0.15) is 18.1 Å². The highest BCUT2D eigenvalue weighted by molar-refractivity contribution is 5.95. The van der Waals surface area contributed by atoms with Crippen molar-refractivity contribution in [3.8, 4) is 0 Å². The number of carbonyl (C=O) groups excluding carboxylic acids is 3. The minimum absolute atomic E-state index is 0.0295. The molecule has 0 bridgehead atoms. The van der Waals surface area contributed by atoms with E-state index in [4.69, 9.17) is 10.8 Å². The highest BCUT2D eigenvalue weighted by Crippen LogP contribution is 2.19. The lowest BCUT2D eigenvalue weighted by molar-refractivity contribution is -0.143. The van der Waals surface area contributed by atoms with E-state index < -0.39 is 61.1 Å². The Labute approximate surface area is 202 Å². The van der Waals surface area contributed by atoms with Crippen LogP contribution in [0.2, 0.25) is 0 Å². The number of nitrogens with one attached hydrogen (secondary N) is 4. The number of aromatic amines is 1. The van der Waals surface area contributed by atoms with Crippen LogP contribution in [0.4, 0.5) is 0 Å². The Morgan fingerprint density at radius 3 is 2.09 bits per heavy atom. The Morgan fingerprint density at radius 2 is 1.49 bits per heavy atom. The Hall–Kier alpha value is -3.48. The third-order valence-electron chi connectivity index (χ3n) is 5.41. The predicted molar refractivity (Wildman–Crippen MR) is 127 cm³/mol. The summed E-state index contributed by atoms with van der Waals surface area (Å²) in [5, 5.41) is 35.9. The van der Waals surface area contributed by atoms with E-state index in [0.29, 0.717) is 12.0 Å². The molecular weight excluding hydrogens is 458 g/mol. The molecule has 1 aromatic carbocycles. The summed E-state index contributed by atoms with van der Waals surface area (Å²) >= 11 is 0. The molecule has 12 heteroatoms. The maximum atomic E-state index is 12.9. The molecule has 0 saturated heterocycles. The predicted octanol–water partition coefficient (Wildman–Crippen LogP) is -1.39. The third kappa shape index (κ3) is 7.77. The van der Waals surface area contributed by atoms with Crippen molar-refractivity contribution >= 4 is 34.6 Å². The summed E-state index contributed by atoms with van der Waals surface area (Å²) in [7, 11) is 0. The molecule has 12 nitrogen and oxygen atoms in total. The SMILES string of the molecule is CC(C)CC(N)C(=O)NC(CO)C(=O)NC(Cc1c[nH]c2ccccc12)C(=O)NC(CO)C(=O)O. The molecule has 0 radical (unpaired) electrons. The van der Waals surface area contributed by atoms with Crippen molar-refractivity contribution in [2.75, 3.05) is 13.2 Å². The van der Waals surface area contributed by atoms with E-state index in [1.54, 1.807) is 12.3 Å². The van der Waals surface area contributed by atoms with Gasteiger partial charge in [-0.15, -0.1) is 0 Å². The van der Waals surface area contributed by atoms with Crippen LogP contribution < -0.4 is 21.7 Å². The van der Waals surface area contributed by atoms with Gasteiger partial charge in [-0.25, -0.2) is 4.79 Å². The minimum atomic E-state index is -1.58. The molecule has 2 aromatic rings. The zero-order valence-corrected chi connectivity index (χ0v) is 19.7. The molecule has 4 unspecified atom stereocenters. The van der Waals surface area contributed by atoms with Gasteiger partial charge in [-0.1, -0.05) is 32.0 Å². The van der Waals surface area contributed by atoms with Gasteiger partial charge in [-0.05, 0) is 24.0 Å². The number of aliphatic hydroxyl groups excluding tert-OH is 2. The Balaban J connectivity index is 2.22. The molecule has 0 spiro atoms. The molecule has 0 saturated carbocycles. The van der Waals surface area contributed by atoms with Crippen molar-refractivity contribution in [1.82, 2.24) is 20.9 Å². The molecule has 3 amide bonds. The van der Waals surface area contributed by atoms with E-state index in [1.165, 1.54) is 0 Å². The average molecular weight is 492 g/mol. The van der Waals surface area contributed by atoms with Crippen LogP contribution >= 0.6 is 0 Å². The molecule has 4 atom stereocenters. The number of aliphatic carboxylic acids is 1. The number of carbonyl (C=O) groups is 4. The Bertz CT molecular complexity index is 1040. The number of rotatable bonds is 13. The van der Waals surface area contributed by atoms with Crippen LogP contribution in [0.25, 0.3) is 10.9 Å². The molecule has 0 aliphatic rings. The van der Waals surface area contributed by atoms with Crippen LogP contribution in [-0.4, -0.2) is 81.4 Å². The van der Waals surface area contributed by atoms with Gasteiger partial charge in [0.2, 0.25) is 17.7 Å². The molecule has 192 valence electrons. The van der Waals surface area contributed by atoms with E-state index in [-0.39, 0.29) is 12.3 Å². The molecule has 0 aliphatic heterocycles. The lowest BCUT2D eigenvalue weighted by atomic mass is 10.0. The number of H-pyrrole nitrogens is 1. The molecule has 1 heterocycles. The minimum Gasteiger partial charge on any atom is -0.480 e. The van der Waals surface area contributed by atoms with Crippen LogP contribution in [0.1, 0.15) is 25.8 Å². The van der Waals surface area contributed by atoms with E-state index in [2.05, 4.69) is 20.9 Å². The summed E-state index contributed by atoms with van der Waals surface area (Å²) in [5.74, 6) is -3.65. The van der Waals surface area contributed by atoms with Crippen molar-refractivity contribution < 1.29 is 34.5 Å². The van der Waals surface area contributed by atoms with Crippen LogP contribution in [0, 0.1) is 5.92 Å². The van der Waals surface area contributed by atoms with E-state index >= 15 is 0 Å². The second-order valence-electron chi connectivity index (χ2n) is 8.69. The van der Waals surface area contributed by atoms with E-state index in [0.717, 1.165) is 10.9 Å². The van der Waals surface area contributed by atoms with Crippen molar-refractivity contribution in [1.29, 1.82) is 0 Å². The smallest absolute Gasteiger partial charge is 0.328 e. The molecule has 2 rings (SSSR count). The van der Waals surface area contributed by atoms with Gasteiger partial charge in [-0.2, -0.15) is 0 Å². The lowest BCUT2D eigenvalue weighted by Crippen LogP contribution is -2.58. The zero-order valence-electron chi connectivity index (χ0n) is 19.7. The average Bonchev–Trinajstić information content (AvgIpc) is 3.22. The topological polar surface area (TPSA) is 207 Å². The second kappa shape index (κ2) is 12.8. The van der Waals surface area contributed by atoms with Gasteiger partial charge >= 0.3 is 5.97 Å². The van der Waals surface area contributed by atoms with Gasteiger partial charge in [0, 0.05) is 23.5 Å². The largest absolute Gasteiger partial charge is 0.480 e. The van der Waals surface area contributed by atoms with Crippen LogP contribution in [0.3, 0.4) is 0 Å². The summed E-state index contributed by atoms with van der Waals surface area (Å²) in [4.78, 5) is 52.4. The number of aliphatic hydroxyl groups is 2. The van der Waals surface area contributed by atoms with Crippen molar-refractivity contribution in [3.05, 3.63) is 36.0 Å². The van der Waals surface area contributed by atoms with Crippen molar-refractivity contribution in [3.63, 3.8) is 0 Å². The van der Waals surface area contributed by atoms with Crippen molar-refractivity contribution in [2.45, 2.75) is 50.9 Å². The second-order valence-corrected chi connectivity index (χ2v) is 8.69. The number of nitrogens with two attached hydrogens (primary N) is 1. The van der Waals surface area contributed by atoms with Crippen LogP contribution in [0.15, 0.2) is 30.5 Å². The van der Waals surface area contributed by atoms with Gasteiger partial charge in [0.05, 0.1) is 19.3 Å². The summed E-state index contributed by atoms with van der Waals surface area (Å²) in [6.45, 7) is 2.17. The number of carboxylic acid groups (broad SMARTS) is 1. The molecule has 0 fully saturated rings. The molecule has 0 aliphatic carbocycles. The maximum absolute atomic E-state index is 12.9. The van der Waals surface area contributed by atoms with Gasteiger partial charge in [-0.3, -0.25) is 14.4 Å². The quantitative estimate of drug-likeness (QED) is 0.167. The number of fused-ring (bicyclic) bond motifs is 1. The summed E-state index contributed by atoms with van der Waals surface area (Å²) in [6, 6.07) is 2.16. The number of benzene rings is 1. The maximum Gasteiger partial charge on any atom is 0.328 e. The molecule has 9 N–H and O–H groups in total. The summed E-state index contributed by atoms with van der Waals surface area (Å²) in [5.41, 5.74) is 7.30. The number of hydrogen-bond acceptors (Lipinski definition) is 7. The fourth-order valence-corrected chi connectivity index (χ4v) is 3.55. The molecule has 35 heavy (non-hydrogen) atoms. The van der Waals surface area contributed by atoms with Crippen LogP contribution in [-0.2, 0) is 25.6 Å². The zero-order chi connectivity index (χ0) is 26.1. The lowest BCUT2D eigenvalue weighted by Gasteiger charge is -2.24. The first kappa shape index (κ1) is 27.8. The fourth-order valence-electron chi connectivity index (χ4n) is 3.55. The Kier molecular flexibility index (Phi) is 10.2.